The molecule has 0 bridgehead atoms. The second-order valence-corrected chi connectivity index (χ2v) is 5.59. The van der Waals surface area contributed by atoms with Crippen molar-refractivity contribution in [3.8, 4) is 11.5 Å². The van der Waals surface area contributed by atoms with Crippen molar-refractivity contribution >= 4 is 10.9 Å². The van der Waals surface area contributed by atoms with E-state index in [1.165, 1.54) is 31.4 Å². The third kappa shape index (κ3) is 2.85. The molecule has 3 rings (SSSR count). The number of methoxy groups -OCH3 is 1. The number of phenols is 1. The first kappa shape index (κ1) is 16.1. The molecule has 0 aliphatic rings. The van der Waals surface area contributed by atoms with Gasteiger partial charge in [-0.25, -0.2) is 4.39 Å². The summed E-state index contributed by atoms with van der Waals surface area (Å²) < 4.78 is 20.5. The summed E-state index contributed by atoms with van der Waals surface area (Å²) in [5.41, 5.74) is 1.88. The molecule has 0 saturated heterocycles. The second-order valence-electron chi connectivity index (χ2n) is 5.59. The molecule has 1 aromatic heterocycles. The fourth-order valence-electron chi connectivity index (χ4n) is 3.00. The molecule has 124 valence electrons. The second kappa shape index (κ2) is 6.35. The molecule has 0 radical (unpaired) electrons. The van der Waals surface area contributed by atoms with Crippen molar-refractivity contribution in [3.63, 3.8) is 0 Å². The Morgan fingerprint density at radius 1 is 1.21 bits per heavy atom. The summed E-state index contributed by atoms with van der Waals surface area (Å²) >= 11 is 0. The van der Waals surface area contributed by atoms with Crippen LogP contribution in [0.1, 0.15) is 18.2 Å². The number of hydrogen-bond donors (Lipinski definition) is 1. The molecule has 0 aliphatic carbocycles. The third-order valence-electron chi connectivity index (χ3n) is 4.08. The number of aromatic hydroxyl groups is 1. The van der Waals surface area contributed by atoms with Gasteiger partial charge in [0, 0.05) is 36.9 Å². The summed E-state index contributed by atoms with van der Waals surface area (Å²) in [6, 6.07) is 11.0. The van der Waals surface area contributed by atoms with Crippen LogP contribution in [0.3, 0.4) is 0 Å². The van der Waals surface area contributed by atoms with Crippen molar-refractivity contribution in [3.05, 3.63) is 69.8 Å². The quantitative estimate of drug-likeness (QED) is 0.798. The zero-order chi connectivity index (χ0) is 17.3. The monoisotopic (exact) mass is 327 g/mol. The van der Waals surface area contributed by atoms with Gasteiger partial charge in [-0.3, -0.25) is 4.79 Å². The van der Waals surface area contributed by atoms with Crippen LogP contribution in [0.2, 0.25) is 0 Å². The summed E-state index contributed by atoms with van der Waals surface area (Å²) in [7, 11) is 1.51. The van der Waals surface area contributed by atoms with Crippen LogP contribution in [-0.2, 0) is 13.0 Å². The molecule has 0 saturated carbocycles. The highest BCUT2D eigenvalue weighted by Crippen LogP contribution is 2.29. The number of fused-ring (bicyclic) bond motifs is 1. The molecule has 2 aromatic carbocycles. The molecule has 1 N–H and O–H groups in total. The van der Waals surface area contributed by atoms with Crippen LogP contribution in [0, 0.1) is 5.82 Å². The van der Waals surface area contributed by atoms with Crippen molar-refractivity contribution in [1.82, 2.24) is 4.57 Å². The maximum Gasteiger partial charge on any atom is 0.193 e. The summed E-state index contributed by atoms with van der Waals surface area (Å²) in [6.45, 7) is 2.56. The lowest BCUT2D eigenvalue weighted by molar-refractivity contribution is 0.409. The predicted octanol–water partition coefficient (Wildman–Crippen LogP) is 3.47. The van der Waals surface area contributed by atoms with Crippen LogP contribution < -0.4 is 10.2 Å². The predicted molar refractivity (Wildman–Crippen MR) is 91.3 cm³/mol. The Balaban J connectivity index is 2.23. The fraction of sp³-hybridized carbons (Fsp3) is 0.211. The Morgan fingerprint density at radius 3 is 2.67 bits per heavy atom. The van der Waals surface area contributed by atoms with Gasteiger partial charge in [0.15, 0.2) is 5.43 Å². The summed E-state index contributed by atoms with van der Waals surface area (Å²) in [5.74, 6) is 0.0661. The average molecular weight is 327 g/mol. The van der Waals surface area contributed by atoms with Gasteiger partial charge in [-0.15, -0.1) is 0 Å². The Morgan fingerprint density at radius 2 is 2.00 bits per heavy atom. The number of phenolic OH excluding ortho intramolecular Hbond substituents is 1. The topological polar surface area (TPSA) is 51.5 Å². The minimum absolute atomic E-state index is 0.103. The van der Waals surface area contributed by atoms with Gasteiger partial charge < -0.3 is 14.4 Å². The maximum absolute atomic E-state index is 13.4. The Kier molecular flexibility index (Phi) is 4.25. The van der Waals surface area contributed by atoms with Crippen molar-refractivity contribution in [2.75, 3.05) is 7.11 Å². The van der Waals surface area contributed by atoms with Gasteiger partial charge in [0.2, 0.25) is 0 Å². The highest BCUT2D eigenvalue weighted by Gasteiger charge is 2.14. The molecule has 0 unspecified atom stereocenters. The normalized spacial score (nSPS) is 11.0. The van der Waals surface area contributed by atoms with Crippen molar-refractivity contribution in [2.24, 2.45) is 0 Å². The number of ether oxygens (including phenoxy) is 1. The van der Waals surface area contributed by atoms with E-state index in [1.807, 2.05) is 17.6 Å². The van der Waals surface area contributed by atoms with E-state index < -0.39 is 0 Å². The van der Waals surface area contributed by atoms with Gasteiger partial charge in [-0.2, -0.15) is 0 Å². The third-order valence-corrected chi connectivity index (χ3v) is 4.08. The van der Waals surface area contributed by atoms with Crippen LogP contribution in [0.15, 0.2) is 47.3 Å². The minimum Gasteiger partial charge on any atom is -0.507 e. The van der Waals surface area contributed by atoms with Gasteiger partial charge in [0.1, 0.15) is 17.3 Å². The largest absolute Gasteiger partial charge is 0.507 e. The molecular weight excluding hydrogens is 309 g/mol. The number of aromatic nitrogens is 1. The smallest absolute Gasteiger partial charge is 0.193 e. The van der Waals surface area contributed by atoms with Crippen LogP contribution in [0.5, 0.6) is 11.5 Å². The first-order valence-electron chi connectivity index (χ1n) is 7.71. The zero-order valence-corrected chi connectivity index (χ0v) is 13.5. The number of rotatable bonds is 4. The molecule has 0 atom stereocenters. The first-order chi connectivity index (χ1) is 11.5. The van der Waals surface area contributed by atoms with E-state index in [0.717, 1.165) is 11.3 Å². The lowest BCUT2D eigenvalue weighted by Crippen LogP contribution is -2.14. The minimum atomic E-state index is -0.307. The number of benzene rings is 2. The lowest BCUT2D eigenvalue weighted by atomic mass is 10.1. The van der Waals surface area contributed by atoms with Crippen LogP contribution >= 0.6 is 0 Å². The van der Waals surface area contributed by atoms with Gasteiger partial charge in [0.05, 0.1) is 18.0 Å². The number of pyridine rings is 1. The van der Waals surface area contributed by atoms with E-state index in [4.69, 9.17) is 4.74 Å². The van der Waals surface area contributed by atoms with E-state index in [2.05, 4.69) is 0 Å². The van der Waals surface area contributed by atoms with Gasteiger partial charge in [-0.1, -0.05) is 12.1 Å². The first-order valence-corrected chi connectivity index (χ1v) is 7.71. The Labute approximate surface area is 138 Å². The van der Waals surface area contributed by atoms with Crippen LogP contribution in [-0.4, -0.2) is 16.8 Å². The standard InChI is InChI=1S/C19H18FNO3/c1-3-21-14(8-12-5-4-6-13(20)7-12)9-17(22)19-16(21)10-15(24-2)11-18(19)23/h4-7,9-11,23H,3,8H2,1-2H3. The van der Waals surface area contributed by atoms with Crippen LogP contribution in [0.25, 0.3) is 10.9 Å². The number of nitrogens with zero attached hydrogens (tertiary/aromatic N) is 1. The number of hydrogen-bond acceptors (Lipinski definition) is 3. The average Bonchev–Trinajstić information content (AvgIpc) is 2.54. The van der Waals surface area contributed by atoms with E-state index >= 15 is 0 Å². The van der Waals surface area contributed by atoms with E-state index in [1.54, 1.807) is 12.1 Å². The van der Waals surface area contributed by atoms with E-state index in [0.29, 0.717) is 24.2 Å². The molecule has 5 heteroatoms. The van der Waals surface area contributed by atoms with Gasteiger partial charge in [0.25, 0.3) is 0 Å². The van der Waals surface area contributed by atoms with Crippen molar-refractivity contribution < 1.29 is 14.2 Å². The van der Waals surface area contributed by atoms with Crippen molar-refractivity contribution in [1.29, 1.82) is 0 Å². The highest BCUT2D eigenvalue weighted by atomic mass is 19.1. The zero-order valence-electron chi connectivity index (χ0n) is 13.5. The summed E-state index contributed by atoms with van der Waals surface area (Å²) in [4.78, 5) is 12.5. The fourth-order valence-corrected chi connectivity index (χ4v) is 3.00. The molecule has 1 heterocycles. The van der Waals surface area contributed by atoms with E-state index in [-0.39, 0.29) is 22.4 Å². The summed E-state index contributed by atoms with van der Waals surface area (Å²) in [6.07, 6.45) is 0.425. The van der Waals surface area contributed by atoms with Crippen molar-refractivity contribution in [2.45, 2.75) is 19.9 Å². The Hall–Kier alpha value is -2.82. The molecule has 0 fully saturated rings. The van der Waals surface area contributed by atoms with E-state index in [9.17, 15) is 14.3 Å². The van der Waals surface area contributed by atoms with Gasteiger partial charge >= 0.3 is 0 Å². The SMILES string of the molecule is CCn1c(Cc2cccc(F)c2)cc(=O)c2c(O)cc(OC)cc21. The molecule has 0 spiro atoms. The lowest BCUT2D eigenvalue weighted by Gasteiger charge is -2.17. The molecule has 24 heavy (non-hydrogen) atoms. The molecule has 3 aromatic rings. The molecule has 0 amide bonds. The molecular formula is C19H18FNO3. The number of halogens is 1. The molecule has 4 nitrogen and oxygen atoms in total. The number of aryl methyl sites for hydroxylation is 1. The highest BCUT2D eigenvalue weighted by molar-refractivity contribution is 5.87. The van der Waals surface area contributed by atoms with Crippen LogP contribution in [0.4, 0.5) is 4.39 Å². The Bertz CT molecular complexity index is 963. The maximum atomic E-state index is 13.4. The molecule has 0 aliphatic heterocycles. The summed E-state index contributed by atoms with van der Waals surface area (Å²) in [5, 5.41) is 10.4. The van der Waals surface area contributed by atoms with Gasteiger partial charge in [-0.05, 0) is 24.6 Å².